The van der Waals surface area contributed by atoms with E-state index in [0.29, 0.717) is 6.54 Å². The van der Waals surface area contributed by atoms with Gasteiger partial charge in [0.05, 0.1) is 12.8 Å². The Bertz CT molecular complexity index is 985. The zero-order valence-electron chi connectivity index (χ0n) is 13.7. The minimum atomic E-state index is -0.0464. The van der Waals surface area contributed by atoms with E-state index in [0.717, 1.165) is 27.9 Å². The summed E-state index contributed by atoms with van der Waals surface area (Å²) in [6.07, 6.45) is 1.61. The van der Waals surface area contributed by atoms with E-state index in [-0.39, 0.29) is 12.5 Å². The molecular weight excluding hydrogens is 312 g/mol. The molecule has 0 aliphatic rings. The van der Waals surface area contributed by atoms with Crippen molar-refractivity contribution in [1.29, 1.82) is 0 Å². The van der Waals surface area contributed by atoms with Crippen LogP contribution in [0.2, 0.25) is 0 Å². The fourth-order valence-electron chi connectivity index (χ4n) is 3.03. The second kappa shape index (κ2) is 6.69. The molecule has 4 aromatic rings. The molecule has 25 heavy (non-hydrogen) atoms. The van der Waals surface area contributed by atoms with Crippen LogP contribution < -0.4 is 5.32 Å². The molecule has 0 unspecified atom stereocenters. The van der Waals surface area contributed by atoms with E-state index >= 15 is 0 Å². The van der Waals surface area contributed by atoms with Crippen LogP contribution in [0.3, 0.4) is 0 Å². The van der Waals surface area contributed by atoms with Crippen molar-refractivity contribution in [2.24, 2.45) is 0 Å². The van der Waals surface area contributed by atoms with E-state index in [1.807, 2.05) is 48.5 Å². The number of amides is 1. The number of carbonyl (C=O) groups excluding carboxylic acids is 1. The fraction of sp³-hybridized carbons (Fsp3) is 0.0952. The Labute approximate surface area is 145 Å². The van der Waals surface area contributed by atoms with Crippen LogP contribution in [0.1, 0.15) is 5.76 Å². The third kappa shape index (κ3) is 3.19. The minimum Gasteiger partial charge on any atom is -0.467 e. The zero-order valence-corrected chi connectivity index (χ0v) is 13.7. The lowest BCUT2D eigenvalue weighted by Gasteiger charge is -2.11. The van der Waals surface area contributed by atoms with E-state index in [2.05, 4.69) is 34.1 Å². The summed E-state index contributed by atoms with van der Waals surface area (Å²) >= 11 is 0. The second-order valence-electron chi connectivity index (χ2n) is 5.90. The summed E-state index contributed by atoms with van der Waals surface area (Å²) in [5.74, 6) is 0.698. The molecule has 0 aliphatic heterocycles. The number of hydrogen-bond donors (Lipinski definition) is 1. The lowest BCUT2D eigenvalue weighted by molar-refractivity contribution is -0.121. The Morgan fingerprint density at radius 3 is 2.56 bits per heavy atom. The standard InChI is InChI=1S/C21H18N2O2/c24-21(22-14-18-10-6-12-25-18)15-23-19-11-5-4-9-17(19)13-20(23)16-7-2-1-3-8-16/h1-13H,14-15H2,(H,22,24). The molecule has 0 saturated carbocycles. The largest absolute Gasteiger partial charge is 0.467 e. The molecule has 4 heteroatoms. The molecule has 2 heterocycles. The number of carbonyl (C=O) groups is 1. The molecular formula is C21H18N2O2. The van der Waals surface area contributed by atoms with E-state index in [9.17, 15) is 4.79 Å². The average molecular weight is 330 g/mol. The van der Waals surface area contributed by atoms with E-state index < -0.39 is 0 Å². The van der Waals surface area contributed by atoms with Gasteiger partial charge in [0, 0.05) is 16.6 Å². The highest BCUT2D eigenvalue weighted by Crippen LogP contribution is 2.28. The van der Waals surface area contributed by atoms with Crippen LogP contribution in [0, 0.1) is 0 Å². The fourth-order valence-corrected chi connectivity index (χ4v) is 3.03. The van der Waals surface area contributed by atoms with E-state index in [4.69, 9.17) is 4.42 Å². The first kappa shape index (κ1) is 15.3. The number of benzene rings is 2. The van der Waals surface area contributed by atoms with Crippen molar-refractivity contribution in [3.05, 3.63) is 84.8 Å². The van der Waals surface area contributed by atoms with Gasteiger partial charge in [-0.05, 0) is 29.8 Å². The molecule has 0 radical (unpaired) electrons. The molecule has 2 aromatic carbocycles. The molecule has 0 fully saturated rings. The number of furan rings is 1. The molecule has 0 bridgehead atoms. The van der Waals surface area contributed by atoms with E-state index in [1.165, 1.54) is 0 Å². The maximum absolute atomic E-state index is 12.5. The van der Waals surface area contributed by atoms with Crippen molar-refractivity contribution in [2.45, 2.75) is 13.1 Å². The Morgan fingerprint density at radius 1 is 0.960 bits per heavy atom. The molecule has 124 valence electrons. The summed E-state index contributed by atoms with van der Waals surface area (Å²) < 4.78 is 7.32. The molecule has 0 aliphatic carbocycles. The predicted octanol–water partition coefficient (Wildman–Crippen LogP) is 4.22. The molecule has 1 amide bonds. The van der Waals surface area contributed by atoms with Gasteiger partial charge >= 0.3 is 0 Å². The number of aromatic nitrogens is 1. The summed E-state index contributed by atoms with van der Waals surface area (Å²) in [6.45, 7) is 0.657. The number of fused-ring (bicyclic) bond motifs is 1. The van der Waals surface area contributed by atoms with Crippen LogP contribution in [0.4, 0.5) is 0 Å². The van der Waals surface area contributed by atoms with E-state index in [1.54, 1.807) is 6.26 Å². The average Bonchev–Trinajstić information content (AvgIpc) is 3.29. The maximum atomic E-state index is 12.5. The van der Waals surface area contributed by atoms with Crippen LogP contribution >= 0.6 is 0 Å². The van der Waals surface area contributed by atoms with Gasteiger partial charge in [-0.3, -0.25) is 4.79 Å². The van der Waals surface area contributed by atoms with Crippen LogP contribution in [0.25, 0.3) is 22.2 Å². The number of nitrogens with zero attached hydrogens (tertiary/aromatic N) is 1. The third-order valence-electron chi connectivity index (χ3n) is 4.22. The summed E-state index contributed by atoms with van der Waals surface area (Å²) in [5, 5.41) is 4.04. The molecule has 0 saturated heterocycles. The van der Waals surface area contributed by atoms with Gasteiger partial charge in [-0.2, -0.15) is 0 Å². The summed E-state index contributed by atoms with van der Waals surface area (Å²) in [5.41, 5.74) is 3.18. The highest BCUT2D eigenvalue weighted by Gasteiger charge is 2.13. The highest BCUT2D eigenvalue weighted by molar-refractivity contribution is 5.89. The number of nitrogens with one attached hydrogen (secondary N) is 1. The Balaban J connectivity index is 1.64. The zero-order chi connectivity index (χ0) is 17.1. The van der Waals surface area contributed by atoms with Crippen molar-refractivity contribution < 1.29 is 9.21 Å². The first-order chi connectivity index (χ1) is 12.3. The monoisotopic (exact) mass is 330 g/mol. The predicted molar refractivity (Wildman–Crippen MR) is 97.9 cm³/mol. The quantitative estimate of drug-likeness (QED) is 0.595. The number of rotatable bonds is 5. The van der Waals surface area contributed by atoms with Gasteiger partial charge in [-0.1, -0.05) is 48.5 Å². The van der Waals surface area contributed by atoms with Gasteiger partial charge in [0.15, 0.2) is 0 Å². The Hall–Kier alpha value is -3.27. The Morgan fingerprint density at radius 2 is 1.76 bits per heavy atom. The highest BCUT2D eigenvalue weighted by atomic mass is 16.3. The first-order valence-corrected chi connectivity index (χ1v) is 8.24. The van der Waals surface area contributed by atoms with Crippen LogP contribution in [-0.2, 0) is 17.9 Å². The smallest absolute Gasteiger partial charge is 0.240 e. The van der Waals surface area contributed by atoms with Crippen LogP contribution in [-0.4, -0.2) is 10.5 Å². The molecule has 1 N–H and O–H groups in total. The lowest BCUT2D eigenvalue weighted by atomic mass is 10.1. The summed E-state index contributed by atoms with van der Waals surface area (Å²) in [4.78, 5) is 12.5. The van der Waals surface area contributed by atoms with Gasteiger partial charge in [0.1, 0.15) is 12.3 Å². The molecule has 0 atom stereocenters. The van der Waals surface area contributed by atoms with Gasteiger partial charge in [0.2, 0.25) is 5.91 Å². The second-order valence-corrected chi connectivity index (χ2v) is 5.90. The third-order valence-corrected chi connectivity index (χ3v) is 4.22. The van der Waals surface area contributed by atoms with Gasteiger partial charge in [-0.15, -0.1) is 0 Å². The normalized spacial score (nSPS) is 10.9. The van der Waals surface area contributed by atoms with Crippen molar-refractivity contribution in [2.75, 3.05) is 0 Å². The van der Waals surface area contributed by atoms with Crippen molar-refractivity contribution >= 4 is 16.8 Å². The Kier molecular flexibility index (Phi) is 4.09. The molecule has 2 aromatic heterocycles. The van der Waals surface area contributed by atoms with Gasteiger partial charge in [-0.25, -0.2) is 0 Å². The number of hydrogen-bond acceptors (Lipinski definition) is 2. The summed E-state index contributed by atoms with van der Waals surface area (Å²) in [6, 6.07) is 24.0. The SMILES string of the molecule is O=C(Cn1c(-c2ccccc2)cc2ccccc21)NCc1ccco1. The van der Waals surface area contributed by atoms with Crippen LogP contribution in [0.15, 0.2) is 83.5 Å². The molecule has 4 rings (SSSR count). The van der Waals surface area contributed by atoms with Gasteiger partial charge in [0.25, 0.3) is 0 Å². The van der Waals surface area contributed by atoms with Crippen molar-refractivity contribution in [1.82, 2.24) is 9.88 Å². The maximum Gasteiger partial charge on any atom is 0.240 e. The van der Waals surface area contributed by atoms with Gasteiger partial charge < -0.3 is 14.3 Å². The number of para-hydroxylation sites is 1. The molecule has 4 nitrogen and oxygen atoms in total. The topological polar surface area (TPSA) is 47.2 Å². The van der Waals surface area contributed by atoms with Crippen molar-refractivity contribution in [3.63, 3.8) is 0 Å². The minimum absolute atomic E-state index is 0.0464. The van der Waals surface area contributed by atoms with Crippen molar-refractivity contribution in [3.8, 4) is 11.3 Å². The molecule has 0 spiro atoms. The lowest BCUT2D eigenvalue weighted by Crippen LogP contribution is -2.27. The van der Waals surface area contributed by atoms with Crippen LogP contribution in [0.5, 0.6) is 0 Å². The first-order valence-electron chi connectivity index (χ1n) is 8.24. The summed E-state index contributed by atoms with van der Waals surface area (Å²) in [7, 11) is 0.